The van der Waals surface area contributed by atoms with Gasteiger partial charge in [0.25, 0.3) is 0 Å². The van der Waals surface area contributed by atoms with Crippen molar-refractivity contribution in [3.63, 3.8) is 0 Å². The largest absolute Gasteiger partial charge is 0.360 e. The average molecular weight is 197 g/mol. The SMILES string of the molecule is CC(C)C(=N)N1CCC(CN=O)CC1. The third-order valence-corrected chi connectivity index (χ3v) is 2.83. The normalized spacial score (nSPS) is 18.6. The van der Waals surface area contributed by atoms with Gasteiger partial charge in [-0.15, -0.1) is 0 Å². The number of rotatable bonds is 3. The average Bonchev–Trinajstić information content (AvgIpc) is 2.18. The molecular weight excluding hydrogens is 178 g/mol. The minimum absolute atomic E-state index is 0.302. The molecule has 0 spiro atoms. The van der Waals surface area contributed by atoms with Crippen LogP contribution in [-0.2, 0) is 0 Å². The number of hydrogen-bond donors (Lipinski definition) is 1. The molecule has 0 aromatic carbocycles. The van der Waals surface area contributed by atoms with Crippen LogP contribution in [0.1, 0.15) is 26.7 Å². The summed E-state index contributed by atoms with van der Waals surface area (Å²) < 4.78 is 0. The molecule has 80 valence electrons. The van der Waals surface area contributed by atoms with E-state index in [1.54, 1.807) is 0 Å². The van der Waals surface area contributed by atoms with Gasteiger partial charge in [-0.3, -0.25) is 5.41 Å². The minimum atomic E-state index is 0.302. The molecule has 1 aliphatic heterocycles. The molecular formula is C10H19N3O. The minimum Gasteiger partial charge on any atom is -0.360 e. The molecule has 1 heterocycles. The summed E-state index contributed by atoms with van der Waals surface area (Å²) in [4.78, 5) is 12.2. The molecule has 0 radical (unpaired) electrons. The lowest BCUT2D eigenvalue weighted by Gasteiger charge is -2.34. The molecule has 0 aliphatic carbocycles. The highest BCUT2D eigenvalue weighted by atomic mass is 16.3. The first-order valence-corrected chi connectivity index (χ1v) is 5.27. The molecule has 1 N–H and O–H groups in total. The summed E-state index contributed by atoms with van der Waals surface area (Å²) in [6, 6.07) is 0. The fourth-order valence-electron chi connectivity index (χ4n) is 1.83. The molecule has 14 heavy (non-hydrogen) atoms. The molecule has 0 aromatic rings. The van der Waals surface area contributed by atoms with E-state index in [9.17, 15) is 4.91 Å². The van der Waals surface area contributed by atoms with Crippen molar-refractivity contribution < 1.29 is 0 Å². The Bertz CT molecular complexity index is 207. The highest BCUT2D eigenvalue weighted by molar-refractivity contribution is 5.81. The van der Waals surface area contributed by atoms with E-state index in [2.05, 4.69) is 10.1 Å². The number of nitrogens with one attached hydrogen (secondary N) is 1. The smallest absolute Gasteiger partial charge is 0.0983 e. The Morgan fingerprint density at radius 1 is 1.50 bits per heavy atom. The summed E-state index contributed by atoms with van der Waals surface area (Å²) in [6.07, 6.45) is 2.00. The van der Waals surface area contributed by atoms with Crippen LogP contribution in [0.5, 0.6) is 0 Å². The molecule has 1 saturated heterocycles. The number of likely N-dealkylation sites (tertiary alicyclic amines) is 1. The van der Waals surface area contributed by atoms with E-state index < -0.39 is 0 Å². The second kappa shape index (κ2) is 5.08. The van der Waals surface area contributed by atoms with Crippen LogP contribution in [0.2, 0.25) is 0 Å². The zero-order valence-corrected chi connectivity index (χ0v) is 8.99. The van der Waals surface area contributed by atoms with Crippen LogP contribution in [0.3, 0.4) is 0 Å². The van der Waals surface area contributed by atoms with Crippen molar-refractivity contribution in [3.8, 4) is 0 Å². The Labute approximate surface area is 85.2 Å². The molecule has 0 aromatic heterocycles. The van der Waals surface area contributed by atoms with Crippen LogP contribution in [-0.4, -0.2) is 30.4 Å². The zero-order valence-electron chi connectivity index (χ0n) is 8.99. The van der Waals surface area contributed by atoms with Crippen LogP contribution in [0.15, 0.2) is 5.18 Å². The van der Waals surface area contributed by atoms with Gasteiger partial charge in [-0.25, -0.2) is 0 Å². The molecule has 0 amide bonds. The van der Waals surface area contributed by atoms with Crippen molar-refractivity contribution in [1.29, 1.82) is 5.41 Å². The van der Waals surface area contributed by atoms with E-state index in [1.165, 1.54) is 0 Å². The fourth-order valence-corrected chi connectivity index (χ4v) is 1.83. The molecule has 4 heteroatoms. The first-order chi connectivity index (χ1) is 6.65. The van der Waals surface area contributed by atoms with Gasteiger partial charge < -0.3 is 4.90 Å². The lowest BCUT2D eigenvalue weighted by Crippen LogP contribution is -2.40. The van der Waals surface area contributed by atoms with Crippen LogP contribution >= 0.6 is 0 Å². The van der Waals surface area contributed by atoms with Crippen molar-refractivity contribution in [3.05, 3.63) is 4.91 Å². The van der Waals surface area contributed by atoms with Gasteiger partial charge in [-0.05, 0) is 18.8 Å². The van der Waals surface area contributed by atoms with E-state index in [4.69, 9.17) is 5.41 Å². The van der Waals surface area contributed by atoms with E-state index >= 15 is 0 Å². The topological polar surface area (TPSA) is 56.5 Å². The van der Waals surface area contributed by atoms with E-state index in [1.807, 2.05) is 13.8 Å². The molecule has 0 saturated carbocycles. The number of nitroso groups, excluding NO2 is 1. The summed E-state index contributed by atoms with van der Waals surface area (Å²) >= 11 is 0. The third-order valence-electron chi connectivity index (χ3n) is 2.83. The van der Waals surface area contributed by atoms with Gasteiger partial charge in [0.05, 0.1) is 12.4 Å². The van der Waals surface area contributed by atoms with E-state index in [0.29, 0.717) is 18.4 Å². The van der Waals surface area contributed by atoms with Crippen molar-refractivity contribution in [2.75, 3.05) is 19.6 Å². The Balaban J connectivity index is 2.35. The predicted molar refractivity (Wildman–Crippen MR) is 57.5 cm³/mol. The van der Waals surface area contributed by atoms with Crippen molar-refractivity contribution in [2.45, 2.75) is 26.7 Å². The summed E-state index contributed by atoms with van der Waals surface area (Å²) in [6.45, 7) is 6.36. The molecule has 0 atom stereocenters. The third kappa shape index (κ3) is 2.79. The fraction of sp³-hybridized carbons (Fsp3) is 0.900. The first kappa shape index (κ1) is 11.1. The summed E-state index contributed by atoms with van der Waals surface area (Å²) in [5.74, 6) is 1.47. The monoisotopic (exact) mass is 197 g/mol. The maximum Gasteiger partial charge on any atom is 0.0983 e. The number of nitrogens with zero attached hydrogens (tertiary/aromatic N) is 2. The highest BCUT2D eigenvalue weighted by Crippen LogP contribution is 2.18. The van der Waals surface area contributed by atoms with Crippen LogP contribution < -0.4 is 0 Å². The lowest BCUT2D eigenvalue weighted by atomic mass is 9.96. The van der Waals surface area contributed by atoms with Gasteiger partial charge in [-0.1, -0.05) is 19.0 Å². The number of amidine groups is 1. The van der Waals surface area contributed by atoms with Crippen LogP contribution in [0.4, 0.5) is 0 Å². The predicted octanol–water partition coefficient (Wildman–Crippen LogP) is 2.10. The van der Waals surface area contributed by atoms with Gasteiger partial charge in [0.15, 0.2) is 0 Å². The Morgan fingerprint density at radius 3 is 2.50 bits per heavy atom. The van der Waals surface area contributed by atoms with Crippen molar-refractivity contribution in [1.82, 2.24) is 4.90 Å². The summed E-state index contributed by atoms with van der Waals surface area (Å²) in [5, 5.41) is 10.8. The maximum atomic E-state index is 10.1. The second-order valence-corrected chi connectivity index (χ2v) is 4.28. The maximum absolute atomic E-state index is 10.1. The molecule has 1 fully saturated rings. The number of hydrogen-bond acceptors (Lipinski definition) is 3. The highest BCUT2D eigenvalue weighted by Gasteiger charge is 2.21. The molecule has 4 nitrogen and oxygen atoms in total. The van der Waals surface area contributed by atoms with Gasteiger partial charge >= 0.3 is 0 Å². The lowest BCUT2D eigenvalue weighted by molar-refractivity contribution is 0.262. The summed E-state index contributed by atoms with van der Waals surface area (Å²) in [5.41, 5.74) is 0. The summed E-state index contributed by atoms with van der Waals surface area (Å²) in [7, 11) is 0. The second-order valence-electron chi connectivity index (χ2n) is 4.28. The van der Waals surface area contributed by atoms with E-state index in [-0.39, 0.29) is 0 Å². The van der Waals surface area contributed by atoms with Gasteiger partial charge in [0, 0.05) is 19.0 Å². The Kier molecular flexibility index (Phi) is 4.04. The van der Waals surface area contributed by atoms with Crippen molar-refractivity contribution >= 4 is 5.84 Å². The molecule has 0 bridgehead atoms. The quantitative estimate of drug-likeness (QED) is 0.428. The molecule has 1 rings (SSSR count). The Hall–Kier alpha value is -0.930. The van der Waals surface area contributed by atoms with Crippen LogP contribution in [0, 0.1) is 22.2 Å². The number of piperidine rings is 1. The molecule has 0 unspecified atom stereocenters. The van der Waals surface area contributed by atoms with Crippen molar-refractivity contribution in [2.24, 2.45) is 17.0 Å². The first-order valence-electron chi connectivity index (χ1n) is 5.27. The Morgan fingerprint density at radius 2 is 2.07 bits per heavy atom. The van der Waals surface area contributed by atoms with Gasteiger partial charge in [0.2, 0.25) is 0 Å². The standard InChI is InChI=1S/C10H19N3O/c1-8(2)10(11)13-5-3-9(4-6-13)7-12-14/h8-9,11H,3-7H2,1-2H3. The van der Waals surface area contributed by atoms with E-state index in [0.717, 1.165) is 31.8 Å². The molecule has 1 aliphatic rings. The van der Waals surface area contributed by atoms with Gasteiger partial charge in [0.1, 0.15) is 0 Å². The van der Waals surface area contributed by atoms with Gasteiger partial charge in [-0.2, -0.15) is 4.91 Å². The van der Waals surface area contributed by atoms with Crippen LogP contribution in [0.25, 0.3) is 0 Å². The zero-order chi connectivity index (χ0) is 10.6.